The molecule has 0 aliphatic carbocycles. The molecule has 1 saturated heterocycles. The minimum Gasteiger partial charge on any atom is -0.397 e. The van der Waals surface area contributed by atoms with Crippen molar-refractivity contribution in [1.82, 2.24) is 20.5 Å². The van der Waals surface area contributed by atoms with Crippen LogP contribution in [0, 0.1) is 13.8 Å². The predicted molar refractivity (Wildman–Crippen MR) is 147 cm³/mol. The Hall–Kier alpha value is -3.97. The molecule has 1 aromatic heterocycles. The van der Waals surface area contributed by atoms with E-state index in [0.717, 1.165) is 23.4 Å². The third-order valence-electron chi connectivity index (χ3n) is 6.95. The molecule has 0 saturated carbocycles. The zero-order valence-electron chi connectivity index (χ0n) is 22.9. The molecule has 0 spiro atoms. The number of hydrazine groups is 1. The normalized spacial score (nSPS) is 16.0. The summed E-state index contributed by atoms with van der Waals surface area (Å²) in [4.78, 5) is 14.9. The van der Waals surface area contributed by atoms with Crippen LogP contribution in [0.2, 0.25) is 0 Å². The summed E-state index contributed by atoms with van der Waals surface area (Å²) >= 11 is 0. The van der Waals surface area contributed by atoms with Crippen LogP contribution in [0.15, 0.2) is 48.8 Å². The maximum Gasteiger partial charge on any atom is 0.416 e. The van der Waals surface area contributed by atoms with Gasteiger partial charge in [0.1, 0.15) is 0 Å². The standard InChI is InChI=1S/C28H32F5N7O/c1-17-4-5-20(12-25(17)40(35-3)16-24(34)23-14-36-38-18(23)2)26(41)37-22-11-19(10-21(13-22)28(31,32)33)15-39-8-6-27(29,30)7-9-39/h4-5,10-14,16,35H,6-9,15,34H2,1-3H3,(H,36,38)(H,37,41)/b24-16-. The molecule has 1 fully saturated rings. The Balaban J connectivity index is 1.58. The second kappa shape index (κ2) is 11.9. The summed E-state index contributed by atoms with van der Waals surface area (Å²) in [6, 6.07) is 8.15. The number of nitrogens with two attached hydrogens (primary N) is 1. The molecule has 0 atom stereocenters. The van der Waals surface area contributed by atoms with E-state index in [9.17, 15) is 26.7 Å². The van der Waals surface area contributed by atoms with Crippen molar-refractivity contribution in [3.05, 3.63) is 82.3 Å². The van der Waals surface area contributed by atoms with Crippen molar-refractivity contribution in [2.75, 3.05) is 30.5 Å². The second-order valence-corrected chi connectivity index (χ2v) is 10.1. The highest BCUT2D eigenvalue weighted by Crippen LogP contribution is 2.34. The number of aromatic amines is 1. The average molecular weight is 578 g/mol. The van der Waals surface area contributed by atoms with E-state index in [1.165, 1.54) is 6.07 Å². The predicted octanol–water partition coefficient (Wildman–Crippen LogP) is 5.43. The van der Waals surface area contributed by atoms with Crippen molar-refractivity contribution in [3.63, 3.8) is 0 Å². The Morgan fingerprint density at radius 1 is 1.17 bits per heavy atom. The van der Waals surface area contributed by atoms with Gasteiger partial charge in [-0.2, -0.15) is 18.3 Å². The van der Waals surface area contributed by atoms with Gasteiger partial charge in [-0.25, -0.2) is 14.2 Å². The van der Waals surface area contributed by atoms with Gasteiger partial charge >= 0.3 is 6.18 Å². The van der Waals surface area contributed by atoms with Gasteiger partial charge in [-0.15, -0.1) is 0 Å². The number of piperidine rings is 1. The molecular weight excluding hydrogens is 545 g/mol. The van der Waals surface area contributed by atoms with Crippen molar-refractivity contribution in [2.24, 2.45) is 5.73 Å². The number of carbonyl (C=O) groups is 1. The number of nitrogens with one attached hydrogen (secondary N) is 3. The Bertz CT molecular complexity index is 1420. The smallest absolute Gasteiger partial charge is 0.397 e. The molecule has 1 amide bonds. The summed E-state index contributed by atoms with van der Waals surface area (Å²) in [5.74, 6) is -3.38. The quantitative estimate of drug-likeness (QED) is 0.211. The molecule has 4 rings (SSSR count). The summed E-state index contributed by atoms with van der Waals surface area (Å²) in [5.41, 5.74) is 12.0. The van der Waals surface area contributed by atoms with Gasteiger partial charge in [-0.1, -0.05) is 6.07 Å². The van der Waals surface area contributed by atoms with Gasteiger partial charge in [0.05, 0.1) is 23.1 Å². The van der Waals surface area contributed by atoms with Crippen molar-refractivity contribution in [2.45, 2.75) is 45.3 Å². The van der Waals surface area contributed by atoms with E-state index in [2.05, 4.69) is 20.9 Å². The number of amides is 1. The van der Waals surface area contributed by atoms with Crippen LogP contribution in [0.3, 0.4) is 0 Å². The van der Waals surface area contributed by atoms with E-state index in [1.807, 2.05) is 13.8 Å². The molecule has 8 nitrogen and oxygen atoms in total. The van der Waals surface area contributed by atoms with Crippen LogP contribution in [0.25, 0.3) is 5.70 Å². The molecule has 0 unspecified atom stereocenters. The van der Waals surface area contributed by atoms with E-state index in [-0.39, 0.29) is 49.3 Å². The minimum absolute atomic E-state index is 0.0469. The number of rotatable bonds is 8. The lowest BCUT2D eigenvalue weighted by Crippen LogP contribution is -2.38. The lowest BCUT2D eigenvalue weighted by molar-refractivity contribution is -0.137. The number of nitrogens with zero attached hydrogens (tertiary/aromatic N) is 3. The zero-order valence-corrected chi connectivity index (χ0v) is 22.9. The fourth-order valence-corrected chi connectivity index (χ4v) is 4.63. The molecule has 13 heteroatoms. The maximum absolute atomic E-state index is 13.7. The molecule has 0 bridgehead atoms. The first-order valence-electron chi connectivity index (χ1n) is 12.9. The number of hydrogen-bond donors (Lipinski definition) is 4. The monoisotopic (exact) mass is 577 g/mol. The summed E-state index contributed by atoms with van der Waals surface area (Å²) in [7, 11) is 1.67. The maximum atomic E-state index is 13.7. The van der Waals surface area contributed by atoms with E-state index in [0.29, 0.717) is 16.9 Å². The first kappa shape index (κ1) is 30.0. The molecule has 1 aliphatic heterocycles. The van der Waals surface area contributed by atoms with Crippen LogP contribution >= 0.6 is 0 Å². The van der Waals surface area contributed by atoms with Crippen molar-refractivity contribution < 1.29 is 26.7 Å². The first-order valence-corrected chi connectivity index (χ1v) is 12.9. The fraction of sp³-hybridized carbons (Fsp3) is 0.357. The van der Waals surface area contributed by atoms with Crippen molar-refractivity contribution in [1.29, 1.82) is 0 Å². The van der Waals surface area contributed by atoms with Crippen LogP contribution in [-0.4, -0.2) is 47.1 Å². The number of aryl methyl sites for hydroxylation is 2. The largest absolute Gasteiger partial charge is 0.416 e. The lowest BCUT2D eigenvalue weighted by atomic mass is 10.0. The van der Waals surface area contributed by atoms with E-state index >= 15 is 0 Å². The van der Waals surface area contributed by atoms with Crippen LogP contribution < -0.4 is 21.5 Å². The van der Waals surface area contributed by atoms with Gasteiger partial charge in [0, 0.05) is 68.2 Å². The van der Waals surface area contributed by atoms with E-state index < -0.39 is 23.6 Å². The number of hydrogen-bond acceptors (Lipinski definition) is 6. The van der Waals surface area contributed by atoms with Gasteiger partial charge in [0.15, 0.2) is 0 Å². The topological polar surface area (TPSA) is 102 Å². The third-order valence-corrected chi connectivity index (χ3v) is 6.95. The summed E-state index contributed by atoms with van der Waals surface area (Å²) in [5, 5.41) is 11.0. The molecule has 3 aromatic rings. The van der Waals surface area contributed by atoms with Crippen LogP contribution in [-0.2, 0) is 12.7 Å². The molecule has 5 N–H and O–H groups in total. The zero-order chi connectivity index (χ0) is 29.9. The Kier molecular flexibility index (Phi) is 8.69. The number of alkyl halides is 5. The third kappa shape index (κ3) is 7.41. The van der Waals surface area contributed by atoms with Gasteiger partial charge in [0.2, 0.25) is 0 Å². The number of anilines is 2. The van der Waals surface area contributed by atoms with E-state index in [4.69, 9.17) is 5.73 Å². The highest BCUT2D eigenvalue weighted by atomic mass is 19.4. The van der Waals surface area contributed by atoms with E-state index in [1.54, 1.807) is 47.6 Å². The van der Waals surface area contributed by atoms with Gasteiger partial charge in [-0.3, -0.25) is 19.8 Å². The molecule has 0 radical (unpaired) electrons. The summed E-state index contributed by atoms with van der Waals surface area (Å²) in [6.07, 6.45) is -2.13. The van der Waals surface area contributed by atoms with Crippen molar-refractivity contribution >= 4 is 23.0 Å². The first-order chi connectivity index (χ1) is 19.3. The minimum atomic E-state index is -4.66. The number of likely N-dealkylation sites (tertiary alicyclic amines) is 1. The Morgan fingerprint density at radius 2 is 1.88 bits per heavy atom. The highest BCUT2D eigenvalue weighted by Gasteiger charge is 2.35. The van der Waals surface area contributed by atoms with Crippen LogP contribution in [0.1, 0.15) is 51.1 Å². The van der Waals surface area contributed by atoms with Crippen LogP contribution in [0.4, 0.5) is 33.3 Å². The molecule has 2 aromatic carbocycles. The number of aromatic nitrogens is 2. The average Bonchev–Trinajstić information content (AvgIpc) is 3.34. The number of benzene rings is 2. The molecular formula is C28H32F5N7O. The van der Waals surface area contributed by atoms with Gasteiger partial charge in [0.25, 0.3) is 11.8 Å². The molecule has 2 heterocycles. The van der Waals surface area contributed by atoms with Crippen molar-refractivity contribution in [3.8, 4) is 0 Å². The summed E-state index contributed by atoms with van der Waals surface area (Å²) < 4.78 is 68.1. The Labute approximate surface area is 234 Å². The van der Waals surface area contributed by atoms with Gasteiger partial charge in [-0.05, 0) is 55.3 Å². The fourth-order valence-electron chi connectivity index (χ4n) is 4.63. The molecule has 220 valence electrons. The number of carbonyl (C=O) groups excluding carboxylic acids is 1. The number of halogens is 5. The second-order valence-electron chi connectivity index (χ2n) is 10.1. The van der Waals surface area contributed by atoms with Gasteiger partial charge < -0.3 is 11.1 Å². The molecule has 1 aliphatic rings. The SMILES string of the molecule is CNN(/C=C(\N)c1cn[nH]c1C)c1cc(C(=O)Nc2cc(CN3CCC(F)(F)CC3)cc(C(F)(F)F)c2)ccc1C. The number of H-pyrrole nitrogens is 1. The van der Waals surface area contributed by atoms with Crippen LogP contribution in [0.5, 0.6) is 0 Å². The Morgan fingerprint density at radius 3 is 2.49 bits per heavy atom. The summed E-state index contributed by atoms with van der Waals surface area (Å²) in [6.45, 7) is 3.85. The highest BCUT2D eigenvalue weighted by molar-refractivity contribution is 6.05. The lowest BCUT2D eigenvalue weighted by Gasteiger charge is -2.31. The molecule has 41 heavy (non-hydrogen) atoms.